The smallest absolute Gasteiger partial charge is 0.222 e. The minimum atomic E-state index is -3.88. The predicted octanol–water partition coefficient (Wildman–Crippen LogP) is 1.87. The monoisotopic (exact) mass is 377 g/mol. The summed E-state index contributed by atoms with van der Waals surface area (Å²) < 4.78 is 22.5. The zero-order chi connectivity index (χ0) is 16.3. The number of Topliss-reactive ketones (excluding diaryl/α,β-unsaturated/α-hetero) is 2. The maximum Gasteiger partial charge on any atom is 0.222 e. The van der Waals surface area contributed by atoms with Gasteiger partial charge in [0.15, 0.2) is 11.6 Å². The molecule has 0 aromatic rings. The third-order valence-corrected chi connectivity index (χ3v) is 5.92. The lowest BCUT2D eigenvalue weighted by atomic mass is 9.75. The highest BCUT2D eigenvalue weighted by Crippen LogP contribution is 2.37. The van der Waals surface area contributed by atoms with Crippen LogP contribution in [0.5, 0.6) is 0 Å². The van der Waals surface area contributed by atoms with E-state index >= 15 is 0 Å². The van der Waals surface area contributed by atoms with Crippen LogP contribution >= 0.6 is 15.9 Å². The Labute approximate surface area is 133 Å². The van der Waals surface area contributed by atoms with Gasteiger partial charge in [-0.15, -0.1) is 0 Å². The fourth-order valence-corrected chi connectivity index (χ4v) is 3.74. The van der Waals surface area contributed by atoms with Crippen molar-refractivity contribution in [3.05, 3.63) is 24.3 Å². The molecule has 0 fully saturated rings. The minimum absolute atomic E-state index is 0.0125. The molecular formula is C14H20BrNO4S. The molecular weight excluding hydrogens is 358 g/mol. The zero-order valence-electron chi connectivity index (χ0n) is 12.1. The van der Waals surface area contributed by atoms with Crippen LogP contribution in [0.1, 0.15) is 33.1 Å². The Morgan fingerprint density at radius 1 is 1.19 bits per heavy atom. The molecule has 1 rings (SSSR count). The van der Waals surface area contributed by atoms with Gasteiger partial charge in [0, 0.05) is 0 Å². The van der Waals surface area contributed by atoms with Crippen LogP contribution in [0.2, 0.25) is 0 Å². The first kappa shape index (κ1) is 18.3. The van der Waals surface area contributed by atoms with Gasteiger partial charge in [0.25, 0.3) is 0 Å². The Hall–Kier alpha value is -0.790. The molecule has 0 spiro atoms. The van der Waals surface area contributed by atoms with Crippen molar-refractivity contribution in [1.82, 2.24) is 0 Å². The second-order valence-corrected chi connectivity index (χ2v) is 7.66. The average Bonchev–Trinajstić information content (AvgIpc) is 2.43. The highest BCUT2D eigenvalue weighted by Gasteiger charge is 2.45. The number of halogens is 1. The zero-order valence-corrected chi connectivity index (χ0v) is 14.5. The summed E-state index contributed by atoms with van der Waals surface area (Å²) in [5.74, 6) is -0.682. The van der Waals surface area contributed by atoms with Gasteiger partial charge in [0.05, 0.1) is 5.33 Å². The second-order valence-electron chi connectivity index (χ2n) is 5.25. The molecule has 1 aliphatic rings. The number of primary sulfonamides is 1. The molecule has 0 bridgehead atoms. The average molecular weight is 378 g/mol. The minimum Gasteiger partial charge on any atom is -0.298 e. The molecule has 0 unspecified atom stereocenters. The van der Waals surface area contributed by atoms with E-state index in [4.69, 9.17) is 5.14 Å². The number of nitrogens with two attached hydrogens (primary N) is 1. The van der Waals surface area contributed by atoms with Gasteiger partial charge >= 0.3 is 0 Å². The number of hydrogen-bond donors (Lipinski definition) is 1. The molecule has 0 saturated carbocycles. The SMILES string of the molecule is CCCCC1(S(N)(=O)=O)C=CC(C(C)=O)(C(=O)CBr)C=C1. The van der Waals surface area contributed by atoms with Gasteiger partial charge in [-0.05, 0) is 13.3 Å². The van der Waals surface area contributed by atoms with Crippen molar-refractivity contribution in [2.24, 2.45) is 10.6 Å². The lowest BCUT2D eigenvalue weighted by Gasteiger charge is -2.33. The normalized spacial score (nSPS) is 28.6. The van der Waals surface area contributed by atoms with Gasteiger partial charge in [-0.1, -0.05) is 60.0 Å². The van der Waals surface area contributed by atoms with Crippen LogP contribution in [0.3, 0.4) is 0 Å². The van der Waals surface area contributed by atoms with Crippen molar-refractivity contribution in [3.8, 4) is 0 Å². The summed E-state index contributed by atoms with van der Waals surface area (Å²) in [6.45, 7) is 3.26. The number of hydrogen-bond acceptors (Lipinski definition) is 4. The quantitative estimate of drug-likeness (QED) is 0.416. The number of rotatable bonds is 7. The van der Waals surface area contributed by atoms with E-state index in [2.05, 4.69) is 15.9 Å². The third kappa shape index (κ3) is 3.35. The molecule has 0 heterocycles. The second kappa shape index (κ2) is 6.54. The lowest BCUT2D eigenvalue weighted by Crippen LogP contribution is -2.45. The molecule has 21 heavy (non-hydrogen) atoms. The van der Waals surface area contributed by atoms with Crippen LogP contribution in [0.15, 0.2) is 24.3 Å². The largest absolute Gasteiger partial charge is 0.298 e. The summed E-state index contributed by atoms with van der Waals surface area (Å²) in [5.41, 5.74) is -1.40. The molecule has 7 heteroatoms. The Balaban J connectivity index is 3.32. The molecule has 0 amide bonds. The molecule has 5 nitrogen and oxygen atoms in total. The van der Waals surface area contributed by atoms with Gasteiger partial charge in [-0.25, -0.2) is 13.6 Å². The van der Waals surface area contributed by atoms with Crippen LogP contribution in [-0.4, -0.2) is 30.1 Å². The Morgan fingerprint density at radius 2 is 1.71 bits per heavy atom. The number of carbonyl (C=O) groups is 2. The molecule has 0 aromatic carbocycles. The molecule has 2 N–H and O–H groups in total. The molecule has 0 saturated heterocycles. The first-order valence-corrected chi connectivity index (χ1v) is 9.35. The summed E-state index contributed by atoms with van der Waals surface area (Å²) in [5, 5.41) is 5.36. The first-order valence-electron chi connectivity index (χ1n) is 6.68. The van der Waals surface area contributed by atoms with Crippen molar-refractivity contribution in [3.63, 3.8) is 0 Å². The van der Waals surface area contributed by atoms with E-state index in [1.54, 1.807) is 0 Å². The summed E-state index contributed by atoms with van der Waals surface area (Å²) in [6, 6.07) is 0. The summed E-state index contributed by atoms with van der Waals surface area (Å²) in [4.78, 5) is 23.9. The Bertz CT molecular complexity index is 578. The Kier molecular flexibility index (Phi) is 5.69. The van der Waals surface area contributed by atoms with E-state index in [0.29, 0.717) is 12.8 Å². The molecule has 0 radical (unpaired) electrons. The number of unbranched alkanes of at least 4 members (excludes halogenated alkanes) is 1. The van der Waals surface area contributed by atoms with E-state index in [9.17, 15) is 18.0 Å². The van der Waals surface area contributed by atoms with Crippen molar-refractivity contribution in [2.75, 3.05) is 5.33 Å². The summed E-state index contributed by atoms with van der Waals surface area (Å²) >= 11 is 3.05. The van der Waals surface area contributed by atoms with Crippen LogP contribution in [0.25, 0.3) is 0 Å². The fourth-order valence-electron chi connectivity index (χ4n) is 2.34. The van der Waals surface area contributed by atoms with Crippen LogP contribution in [0.4, 0.5) is 0 Å². The van der Waals surface area contributed by atoms with E-state index in [1.807, 2.05) is 6.92 Å². The van der Waals surface area contributed by atoms with Gasteiger partial charge in [0.1, 0.15) is 10.2 Å². The number of carbonyl (C=O) groups excluding carboxylic acids is 2. The molecule has 0 atom stereocenters. The standard InChI is InChI=1S/C14H20BrNO4S/c1-3-4-5-13(21(16,19)20)6-8-14(9-7-13,11(2)17)12(18)10-15/h6-9H,3-5,10H2,1-2H3,(H2,16,19,20). The lowest BCUT2D eigenvalue weighted by molar-refractivity contribution is -0.132. The maximum absolute atomic E-state index is 12.1. The van der Waals surface area contributed by atoms with Crippen molar-refractivity contribution in [1.29, 1.82) is 0 Å². The molecule has 0 aliphatic heterocycles. The topological polar surface area (TPSA) is 94.3 Å². The Morgan fingerprint density at radius 3 is 2.05 bits per heavy atom. The fraction of sp³-hybridized carbons (Fsp3) is 0.571. The molecule has 1 aliphatic carbocycles. The number of allylic oxidation sites excluding steroid dienone is 2. The first-order chi connectivity index (χ1) is 9.65. The van der Waals surface area contributed by atoms with Crippen LogP contribution in [0, 0.1) is 5.41 Å². The van der Waals surface area contributed by atoms with E-state index in [-0.39, 0.29) is 16.9 Å². The number of ketones is 2. The van der Waals surface area contributed by atoms with E-state index < -0.39 is 20.2 Å². The van der Waals surface area contributed by atoms with Gasteiger partial charge in [-0.3, -0.25) is 9.59 Å². The van der Waals surface area contributed by atoms with Crippen LogP contribution in [-0.2, 0) is 19.6 Å². The van der Waals surface area contributed by atoms with Gasteiger partial charge in [0.2, 0.25) is 10.0 Å². The predicted molar refractivity (Wildman–Crippen MR) is 85.6 cm³/mol. The maximum atomic E-state index is 12.1. The van der Waals surface area contributed by atoms with Crippen molar-refractivity contribution < 1.29 is 18.0 Å². The summed E-state index contributed by atoms with van der Waals surface area (Å²) in [6.07, 6.45) is 7.34. The number of sulfonamides is 1. The van der Waals surface area contributed by atoms with Gasteiger partial charge in [-0.2, -0.15) is 0 Å². The highest BCUT2D eigenvalue weighted by atomic mass is 79.9. The van der Waals surface area contributed by atoms with Crippen molar-refractivity contribution >= 4 is 37.5 Å². The van der Waals surface area contributed by atoms with E-state index in [0.717, 1.165) is 6.42 Å². The molecule has 118 valence electrons. The number of alkyl halides is 1. The van der Waals surface area contributed by atoms with Crippen molar-refractivity contribution in [2.45, 2.75) is 37.9 Å². The van der Waals surface area contributed by atoms with Gasteiger partial charge < -0.3 is 0 Å². The molecule has 0 aromatic heterocycles. The third-order valence-electron chi connectivity index (χ3n) is 3.87. The highest BCUT2D eigenvalue weighted by molar-refractivity contribution is 9.09. The van der Waals surface area contributed by atoms with Crippen LogP contribution < -0.4 is 5.14 Å². The summed E-state index contributed by atoms with van der Waals surface area (Å²) in [7, 11) is -3.88. The van der Waals surface area contributed by atoms with E-state index in [1.165, 1.54) is 31.2 Å².